The van der Waals surface area contributed by atoms with E-state index in [2.05, 4.69) is 47.9 Å². The van der Waals surface area contributed by atoms with E-state index in [9.17, 15) is 0 Å². The summed E-state index contributed by atoms with van der Waals surface area (Å²) in [5.74, 6) is -0.938. The predicted octanol–water partition coefficient (Wildman–Crippen LogP) is 17.4. The SMILES string of the molecule is COc1sc(-c2ccc(C34CC(c5ccc(C#Cc6c7cccc(OC)c7c(C#Cc7ccccc7)c7cccc(OC)c67)cc5)(C3)C4)cc2)c(C)c1C1=C(c2c(C)sc(-c3ccccc3)c2C)C(F)(F)C(F)(F)C1(F)F. The molecule has 0 unspecified atom stereocenters. The molecule has 0 radical (unpaired) electrons. The Hall–Kier alpha value is -7.70. The molecule has 2 heterocycles. The number of allylic oxidation sites excluding steroid dienone is 2. The van der Waals surface area contributed by atoms with Crippen LogP contribution in [0.15, 0.2) is 146 Å². The van der Waals surface area contributed by atoms with E-state index >= 15 is 26.3 Å². The summed E-state index contributed by atoms with van der Waals surface area (Å²) < 4.78 is 114. The molecule has 0 spiro atoms. The van der Waals surface area contributed by atoms with Crippen LogP contribution < -0.4 is 14.2 Å². The summed E-state index contributed by atoms with van der Waals surface area (Å²) >= 11 is 2.09. The summed E-state index contributed by atoms with van der Waals surface area (Å²) in [5.41, 5.74) is 3.99. The van der Waals surface area contributed by atoms with Gasteiger partial charge in [0.15, 0.2) is 5.06 Å². The lowest BCUT2D eigenvalue weighted by Gasteiger charge is -2.71. The fraction of sp³-hybridized carbons (Fsp3) is 0.212. The van der Waals surface area contributed by atoms with Gasteiger partial charge in [-0.15, -0.1) is 11.3 Å². The molecule has 4 aliphatic carbocycles. The largest absolute Gasteiger partial charge is 0.496 e. The van der Waals surface area contributed by atoms with Gasteiger partial charge in [-0.25, -0.2) is 0 Å². The number of hydrogen-bond donors (Lipinski definition) is 0. The highest BCUT2D eigenvalue weighted by molar-refractivity contribution is 7.18. The van der Waals surface area contributed by atoms with Crippen molar-refractivity contribution in [2.24, 2.45) is 0 Å². The third-order valence-corrected chi connectivity index (χ3v) is 18.6. The Bertz CT molecular complexity index is 4020. The Kier molecular flexibility index (Phi) is 11.9. The van der Waals surface area contributed by atoms with Crippen LogP contribution in [0.2, 0.25) is 0 Å². The molecule has 0 atom stereocenters. The molecular formula is C66H48F6O3S2. The van der Waals surface area contributed by atoms with Crippen molar-refractivity contribution in [2.45, 2.75) is 68.6 Å². The second-order valence-corrected chi connectivity index (χ2v) is 22.6. The van der Waals surface area contributed by atoms with Crippen molar-refractivity contribution in [3.05, 3.63) is 206 Å². The average molecular weight is 1070 g/mol. The second-order valence-electron chi connectivity index (χ2n) is 20.4. The van der Waals surface area contributed by atoms with Gasteiger partial charge >= 0.3 is 17.8 Å². The van der Waals surface area contributed by atoms with Crippen molar-refractivity contribution in [3.63, 3.8) is 0 Å². The normalized spacial score (nSPS) is 19.4. The molecule has 3 nitrogen and oxygen atoms in total. The zero-order valence-corrected chi connectivity index (χ0v) is 44.4. The molecule has 77 heavy (non-hydrogen) atoms. The first-order valence-corrected chi connectivity index (χ1v) is 26.7. The summed E-state index contributed by atoms with van der Waals surface area (Å²) in [6.45, 7) is 4.54. The van der Waals surface area contributed by atoms with E-state index in [4.69, 9.17) is 14.2 Å². The Balaban J connectivity index is 0.825. The highest BCUT2D eigenvalue weighted by Crippen LogP contribution is 2.74. The zero-order chi connectivity index (χ0) is 53.8. The minimum Gasteiger partial charge on any atom is -0.496 e. The molecule has 2 aromatic heterocycles. The second kappa shape index (κ2) is 18.2. The summed E-state index contributed by atoms with van der Waals surface area (Å²) in [5, 5.41) is 3.42. The fourth-order valence-corrected chi connectivity index (χ4v) is 14.7. The molecule has 13 rings (SSSR count). The van der Waals surface area contributed by atoms with Gasteiger partial charge < -0.3 is 14.2 Å². The number of halogens is 6. The van der Waals surface area contributed by atoms with Crippen LogP contribution in [-0.2, 0) is 10.8 Å². The summed E-state index contributed by atoms with van der Waals surface area (Å²) in [4.78, 5) is 1.24. The van der Waals surface area contributed by atoms with E-state index < -0.39 is 34.5 Å². The van der Waals surface area contributed by atoms with Gasteiger partial charge in [0.1, 0.15) is 11.5 Å². The van der Waals surface area contributed by atoms with Gasteiger partial charge in [-0.2, -0.15) is 26.3 Å². The van der Waals surface area contributed by atoms with E-state index in [1.807, 2.05) is 91.0 Å². The molecule has 11 heteroatoms. The van der Waals surface area contributed by atoms with Crippen LogP contribution >= 0.6 is 22.7 Å². The maximum Gasteiger partial charge on any atom is 0.380 e. The highest BCUT2D eigenvalue weighted by Gasteiger charge is 2.81. The number of aryl methyl sites for hydroxylation is 1. The van der Waals surface area contributed by atoms with Gasteiger partial charge in [0.05, 0.1) is 21.3 Å². The molecule has 9 aromatic rings. The molecule has 4 aliphatic rings. The topological polar surface area (TPSA) is 27.7 Å². The molecular weight excluding hydrogens is 1020 g/mol. The molecule has 0 saturated heterocycles. The van der Waals surface area contributed by atoms with E-state index in [0.717, 1.165) is 91.3 Å². The van der Waals surface area contributed by atoms with E-state index in [0.29, 0.717) is 32.4 Å². The van der Waals surface area contributed by atoms with Crippen LogP contribution in [0, 0.1) is 44.5 Å². The molecule has 0 aliphatic heterocycles. The van der Waals surface area contributed by atoms with Gasteiger partial charge in [-0.3, -0.25) is 0 Å². The van der Waals surface area contributed by atoms with Crippen molar-refractivity contribution in [3.8, 4) is 61.1 Å². The smallest absolute Gasteiger partial charge is 0.380 e. The van der Waals surface area contributed by atoms with E-state index in [1.165, 1.54) is 33.4 Å². The van der Waals surface area contributed by atoms with Crippen molar-refractivity contribution in [1.82, 2.24) is 0 Å². The van der Waals surface area contributed by atoms with Crippen LogP contribution in [0.5, 0.6) is 16.6 Å². The molecule has 0 amide bonds. The Morgan fingerprint density at radius 3 is 1.39 bits per heavy atom. The molecule has 384 valence electrons. The van der Waals surface area contributed by atoms with E-state index in [-0.39, 0.29) is 37.5 Å². The van der Waals surface area contributed by atoms with Crippen molar-refractivity contribution < 1.29 is 40.6 Å². The fourth-order valence-electron chi connectivity index (χ4n) is 12.4. The summed E-state index contributed by atoms with van der Waals surface area (Å²) in [7, 11) is 4.56. The lowest BCUT2D eigenvalue weighted by molar-refractivity contribution is -0.254. The first kappa shape index (κ1) is 50.1. The van der Waals surface area contributed by atoms with Crippen LogP contribution in [0.25, 0.3) is 53.6 Å². The van der Waals surface area contributed by atoms with Crippen LogP contribution in [0.1, 0.15) is 79.8 Å². The molecule has 7 aromatic carbocycles. The van der Waals surface area contributed by atoms with Crippen molar-refractivity contribution in [1.29, 1.82) is 0 Å². The average Bonchev–Trinajstić information content (AvgIpc) is 4.00. The quantitative estimate of drug-likeness (QED) is 0.0819. The van der Waals surface area contributed by atoms with Crippen LogP contribution in [-0.4, -0.2) is 39.1 Å². The predicted molar refractivity (Wildman–Crippen MR) is 299 cm³/mol. The minimum absolute atomic E-state index is 0.0211. The monoisotopic (exact) mass is 1070 g/mol. The van der Waals surface area contributed by atoms with Gasteiger partial charge in [-0.1, -0.05) is 144 Å². The van der Waals surface area contributed by atoms with Crippen LogP contribution in [0.4, 0.5) is 26.3 Å². The van der Waals surface area contributed by atoms with Gasteiger partial charge in [0, 0.05) is 80.7 Å². The Labute approximate surface area is 450 Å². The number of rotatable bonds is 9. The van der Waals surface area contributed by atoms with Gasteiger partial charge in [0.25, 0.3) is 0 Å². The standard InChI is InChI=1S/C66H48F6O3S2/c1-38-53(40(3)76-59(38)43-17-11-8-12-18-43)57-58(65(69,70)66(71,72)64(57,67)68)54-39(2)60(77-61(54)75-6)44-27-31-46(32-28-44)63-35-62(36-63,37-63)45-29-23-42(24-30-45)26-34-50-48-20-14-21-51(73-4)55(48)49(33-25-41-15-9-7-10-16-41)47-19-13-22-52(74-5)56(47)50/h7-24,27-32H,35-37H2,1-6H3. The maximum absolute atomic E-state index is 16.4. The first-order chi connectivity index (χ1) is 37.0. The van der Waals surface area contributed by atoms with E-state index in [1.54, 1.807) is 44.6 Å². The van der Waals surface area contributed by atoms with Crippen molar-refractivity contribution in [2.75, 3.05) is 21.3 Å². The molecule has 3 saturated carbocycles. The number of alkyl halides is 6. The van der Waals surface area contributed by atoms with Gasteiger partial charge in [0.2, 0.25) is 0 Å². The van der Waals surface area contributed by atoms with Crippen LogP contribution in [0.3, 0.4) is 0 Å². The molecule has 3 fully saturated rings. The lowest BCUT2D eigenvalue weighted by atomic mass is 9.32. The number of thiophene rings is 2. The highest BCUT2D eigenvalue weighted by atomic mass is 32.1. The Morgan fingerprint density at radius 2 is 0.883 bits per heavy atom. The number of methoxy groups -OCH3 is 3. The lowest BCUT2D eigenvalue weighted by Crippen LogP contribution is -2.67. The van der Waals surface area contributed by atoms with Crippen molar-refractivity contribution >= 4 is 55.4 Å². The third-order valence-electron chi connectivity index (χ3n) is 16.1. The summed E-state index contributed by atoms with van der Waals surface area (Å²) in [6, 6.07) is 47.0. The number of hydrogen-bond acceptors (Lipinski definition) is 5. The Morgan fingerprint density at radius 1 is 0.442 bits per heavy atom. The number of ether oxygens (including phenoxy) is 3. The molecule has 2 bridgehead atoms. The first-order valence-electron chi connectivity index (χ1n) is 25.1. The third kappa shape index (κ3) is 7.48. The summed E-state index contributed by atoms with van der Waals surface area (Å²) in [6.07, 6.45) is 2.84. The maximum atomic E-state index is 16.4. The minimum atomic E-state index is -5.71. The molecule has 0 N–H and O–H groups in total. The number of fused-ring (bicyclic) bond motifs is 2. The zero-order valence-electron chi connectivity index (χ0n) is 42.8. The van der Waals surface area contributed by atoms with Gasteiger partial charge in [-0.05, 0) is 121 Å². The number of benzene rings is 7.